The molecule has 0 spiro atoms. The normalized spacial score (nSPS) is 13.9. The summed E-state index contributed by atoms with van der Waals surface area (Å²) in [5.74, 6) is -0.612. The summed E-state index contributed by atoms with van der Waals surface area (Å²) >= 11 is 5.91. The van der Waals surface area contributed by atoms with Crippen molar-refractivity contribution in [3.8, 4) is 0 Å². The SMILES string of the molecule is Cc1ccccc1C(=O)N(CC(=O)N1CC(=O)N(c2ccc(Cl)cc2)C1)C(C)C. The number of anilines is 1. The second-order valence-corrected chi connectivity index (χ2v) is 7.81. The highest BCUT2D eigenvalue weighted by molar-refractivity contribution is 6.30. The number of hydrogen-bond acceptors (Lipinski definition) is 3. The lowest BCUT2D eigenvalue weighted by Gasteiger charge is -2.28. The molecule has 1 fully saturated rings. The minimum atomic E-state index is -0.259. The molecule has 0 unspecified atom stereocenters. The van der Waals surface area contributed by atoms with Crippen molar-refractivity contribution in [1.29, 1.82) is 0 Å². The van der Waals surface area contributed by atoms with Crippen molar-refractivity contribution in [2.75, 3.05) is 24.7 Å². The van der Waals surface area contributed by atoms with Gasteiger partial charge in [-0.2, -0.15) is 0 Å². The van der Waals surface area contributed by atoms with E-state index in [-0.39, 0.29) is 43.5 Å². The molecule has 6 nitrogen and oxygen atoms in total. The lowest BCUT2D eigenvalue weighted by Crippen LogP contribution is -2.45. The molecule has 3 amide bonds. The van der Waals surface area contributed by atoms with Gasteiger partial charge in [-0.05, 0) is 56.7 Å². The smallest absolute Gasteiger partial charge is 0.254 e. The molecular formula is C22H24ClN3O3. The lowest BCUT2D eigenvalue weighted by atomic mass is 10.1. The van der Waals surface area contributed by atoms with Crippen molar-refractivity contribution in [3.63, 3.8) is 0 Å². The van der Waals surface area contributed by atoms with Crippen LogP contribution in [0.3, 0.4) is 0 Å². The highest BCUT2D eigenvalue weighted by Gasteiger charge is 2.33. The van der Waals surface area contributed by atoms with Gasteiger partial charge in [0.2, 0.25) is 11.8 Å². The third-order valence-electron chi connectivity index (χ3n) is 5.00. The number of aryl methyl sites for hydroxylation is 1. The fourth-order valence-corrected chi connectivity index (χ4v) is 3.39. The molecule has 0 aliphatic carbocycles. The first-order chi connectivity index (χ1) is 13.8. The largest absolute Gasteiger partial charge is 0.327 e. The van der Waals surface area contributed by atoms with Gasteiger partial charge in [-0.3, -0.25) is 19.3 Å². The molecule has 29 heavy (non-hydrogen) atoms. The first kappa shape index (κ1) is 20.9. The van der Waals surface area contributed by atoms with Gasteiger partial charge in [0.15, 0.2) is 0 Å². The van der Waals surface area contributed by atoms with Crippen LogP contribution in [0, 0.1) is 6.92 Å². The zero-order chi connectivity index (χ0) is 21.1. The van der Waals surface area contributed by atoms with Crippen molar-refractivity contribution in [3.05, 3.63) is 64.7 Å². The number of carbonyl (C=O) groups excluding carboxylic acids is 3. The topological polar surface area (TPSA) is 60.9 Å². The van der Waals surface area contributed by atoms with Gasteiger partial charge >= 0.3 is 0 Å². The van der Waals surface area contributed by atoms with Crippen molar-refractivity contribution < 1.29 is 14.4 Å². The summed E-state index contributed by atoms with van der Waals surface area (Å²) in [6.45, 7) is 5.69. The summed E-state index contributed by atoms with van der Waals surface area (Å²) in [6, 6.07) is 14.1. The maximum atomic E-state index is 13.0. The van der Waals surface area contributed by atoms with Gasteiger partial charge in [0.05, 0.1) is 0 Å². The monoisotopic (exact) mass is 413 g/mol. The summed E-state index contributed by atoms with van der Waals surface area (Å²) in [6.07, 6.45) is 0. The van der Waals surface area contributed by atoms with Crippen LogP contribution in [0.5, 0.6) is 0 Å². The van der Waals surface area contributed by atoms with Crippen LogP contribution in [0.15, 0.2) is 48.5 Å². The fourth-order valence-electron chi connectivity index (χ4n) is 3.26. The van der Waals surface area contributed by atoms with Gasteiger partial charge < -0.3 is 9.80 Å². The van der Waals surface area contributed by atoms with Gasteiger partial charge in [0.25, 0.3) is 5.91 Å². The Morgan fingerprint density at radius 3 is 2.38 bits per heavy atom. The highest BCUT2D eigenvalue weighted by Crippen LogP contribution is 2.22. The molecule has 2 aromatic carbocycles. The standard InChI is InChI=1S/C22H24ClN3O3/c1-15(2)25(22(29)19-7-5-4-6-16(19)3)13-20(27)24-12-21(28)26(14-24)18-10-8-17(23)9-11-18/h4-11,15H,12-14H2,1-3H3. The molecule has 1 aliphatic heterocycles. The van der Waals surface area contributed by atoms with Crippen LogP contribution < -0.4 is 4.90 Å². The molecule has 152 valence electrons. The Bertz CT molecular complexity index is 927. The fraction of sp³-hybridized carbons (Fsp3) is 0.318. The molecule has 0 N–H and O–H groups in total. The van der Waals surface area contributed by atoms with Crippen molar-refractivity contribution in [2.45, 2.75) is 26.8 Å². The van der Waals surface area contributed by atoms with E-state index in [4.69, 9.17) is 11.6 Å². The minimum absolute atomic E-state index is 0.00799. The summed E-state index contributed by atoms with van der Waals surface area (Å²) < 4.78 is 0. The lowest BCUT2D eigenvalue weighted by molar-refractivity contribution is -0.132. The Morgan fingerprint density at radius 1 is 1.10 bits per heavy atom. The van der Waals surface area contributed by atoms with Crippen LogP contribution in [0.4, 0.5) is 5.69 Å². The van der Waals surface area contributed by atoms with Crippen LogP contribution in [-0.2, 0) is 9.59 Å². The Hall–Kier alpha value is -2.86. The molecule has 1 aliphatic rings. The van der Waals surface area contributed by atoms with Gasteiger partial charge in [0.1, 0.15) is 19.8 Å². The summed E-state index contributed by atoms with van der Waals surface area (Å²) in [5, 5.41) is 0.579. The molecule has 0 atom stereocenters. The summed E-state index contributed by atoms with van der Waals surface area (Å²) in [7, 11) is 0. The molecule has 0 saturated carbocycles. The number of nitrogens with zero attached hydrogens (tertiary/aromatic N) is 3. The van der Waals surface area contributed by atoms with E-state index in [9.17, 15) is 14.4 Å². The average Bonchev–Trinajstić information content (AvgIpc) is 3.08. The average molecular weight is 414 g/mol. The molecular weight excluding hydrogens is 390 g/mol. The maximum Gasteiger partial charge on any atom is 0.254 e. The van der Waals surface area contributed by atoms with Gasteiger partial charge in [0, 0.05) is 22.3 Å². The van der Waals surface area contributed by atoms with E-state index in [1.807, 2.05) is 39.0 Å². The maximum absolute atomic E-state index is 13.0. The molecule has 0 radical (unpaired) electrons. The van der Waals surface area contributed by atoms with Crippen LogP contribution in [0.2, 0.25) is 5.02 Å². The second kappa shape index (κ2) is 8.66. The highest BCUT2D eigenvalue weighted by atomic mass is 35.5. The number of amides is 3. The Balaban J connectivity index is 1.72. The second-order valence-electron chi connectivity index (χ2n) is 7.37. The minimum Gasteiger partial charge on any atom is -0.327 e. The number of hydrogen-bond donors (Lipinski definition) is 0. The van der Waals surface area contributed by atoms with Crippen LogP contribution in [0.25, 0.3) is 0 Å². The van der Waals surface area contributed by atoms with E-state index in [1.54, 1.807) is 35.2 Å². The molecule has 0 aromatic heterocycles. The number of carbonyl (C=O) groups is 3. The zero-order valence-corrected chi connectivity index (χ0v) is 17.5. The van der Waals surface area contributed by atoms with E-state index >= 15 is 0 Å². The van der Waals surface area contributed by atoms with E-state index < -0.39 is 0 Å². The number of rotatable bonds is 5. The Labute approximate surface area is 175 Å². The molecule has 1 saturated heterocycles. The van der Waals surface area contributed by atoms with Gasteiger partial charge in [-0.25, -0.2) is 0 Å². The van der Waals surface area contributed by atoms with E-state index in [2.05, 4.69) is 0 Å². The first-order valence-corrected chi connectivity index (χ1v) is 9.86. The molecule has 2 aromatic rings. The van der Waals surface area contributed by atoms with Crippen molar-refractivity contribution in [2.24, 2.45) is 0 Å². The summed E-state index contributed by atoms with van der Waals surface area (Å²) in [5.41, 5.74) is 2.13. The molecule has 3 rings (SSSR count). The predicted molar refractivity (Wildman–Crippen MR) is 113 cm³/mol. The van der Waals surface area contributed by atoms with Crippen molar-refractivity contribution >= 4 is 35.0 Å². The third-order valence-corrected chi connectivity index (χ3v) is 5.25. The number of benzene rings is 2. The van der Waals surface area contributed by atoms with Gasteiger partial charge in [-0.1, -0.05) is 29.8 Å². The molecule has 1 heterocycles. The number of halogens is 1. The van der Waals surface area contributed by atoms with E-state index in [1.165, 1.54) is 9.80 Å². The Kier molecular flexibility index (Phi) is 6.23. The van der Waals surface area contributed by atoms with Crippen LogP contribution in [-0.4, -0.2) is 53.3 Å². The van der Waals surface area contributed by atoms with Gasteiger partial charge in [-0.15, -0.1) is 0 Å². The van der Waals surface area contributed by atoms with Crippen LogP contribution >= 0.6 is 11.6 Å². The molecule has 0 bridgehead atoms. The summed E-state index contributed by atoms with van der Waals surface area (Å²) in [4.78, 5) is 42.9. The first-order valence-electron chi connectivity index (χ1n) is 9.48. The van der Waals surface area contributed by atoms with Crippen molar-refractivity contribution in [1.82, 2.24) is 9.80 Å². The van der Waals surface area contributed by atoms with E-state index in [0.717, 1.165) is 5.56 Å². The Morgan fingerprint density at radius 2 is 1.76 bits per heavy atom. The zero-order valence-electron chi connectivity index (χ0n) is 16.8. The molecule has 7 heteroatoms. The quantitative estimate of drug-likeness (QED) is 0.755. The van der Waals surface area contributed by atoms with Crippen LogP contribution in [0.1, 0.15) is 29.8 Å². The predicted octanol–water partition coefficient (Wildman–Crippen LogP) is 3.33. The van der Waals surface area contributed by atoms with E-state index in [0.29, 0.717) is 16.3 Å². The third kappa shape index (κ3) is 4.59.